The molecule has 0 atom stereocenters. The van der Waals surface area contributed by atoms with Crippen LogP contribution in [0.25, 0.3) is 0 Å². The van der Waals surface area contributed by atoms with Crippen LogP contribution in [0.2, 0.25) is 0 Å². The lowest BCUT2D eigenvalue weighted by Crippen LogP contribution is -2.45. The first kappa shape index (κ1) is 18.1. The van der Waals surface area contributed by atoms with Gasteiger partial charge in [0.05, 0.1) is 12.1 Å². The van der Waals surface area contributed by atoms with Crippen LogP contribution in [0.15, 0.2) is 21.7 Å². The van der Waals surface area contributed by atoms with Crippen molar-refractivity contribution in [3.05, 3.63) is 17.5 Å². The average molecular weight is 334 g/mol. The molecule has 0 fully saturated rings. The zero-order chi connectivity index (χ0) is 16.1. The molecule has 0 aromatic carbocycles. The van der Waals surface area contributed by atoms with E-state index in [1.807, 2.05) is 13.8 Å². The number of likely N-dealkylation sites (N-methyl/N-ethyl adjacent to an activating group) is 1. The quantitative estimate of drug-likeness (QED) is 0.743. The van der Waals surface area contributed by atoms with Gasteiger partial charge in [0.2, 0.25) is 5.91 Å². The van der Waals surface area contributed by atoms with Gasteiger partial charge < -0.3 is 10.4 Å². The largest absolute Gasteiger partial charge is 0.388 e. The van der Waals surface area contributed by atoms with E-state index in [0.717, 1.165) is 15.6 Å². The Morgan fingerprint density at radius 1 is 1.43 bits per heavy atom. The minimum Gasteiger partial charge on any atom is -0.388 e. The number of carbonyl (C=O) groups excluding carboxylic acids is 1. The van der Waals surface area contributed by atoms with Gasteiger partial charge in [0.25, 0.3) is 10.0 Å². The molecular formula is C13H22N2O4S2. The highest BCUT2D eigenvalue weighted by molar-refractivity contribution is 7.91. The molecule has 1 rings (SSSR count). The van der Waals surface area contributed by atoms with E-state index in [-0.39, 0.29) is 17.3 Å². The van der Waals surface area contributed by atoms with Crippen LogP contribution in [0, 0.1) is 0 Å². The predicted octanol–water partition coefficient (Wildman–Crippen LogP) is 1.04. The van der Waals surface area contributed by atoms with Gasteiger partial charge in [0.1, 0.15) is 4.21 Å². The molecule has 0 unspecified atom stereocenters. The van der Waals surface area contributed by atoms with Crippen LogP contribution in [-0.2, 0) is 14.8 Å². The molecule has 0 aliphatic rings. The molecule has 1 heterocycles. The average Bonchev–Trinajstić information content (AvgIpc) is 2.99. The molecule has 1 aromatic heterocycles. The molecule has 120 valence electrons. The molecule has 0 radical (unpaired) electrons. The van der Waals surface area contributed by atoms with Crippen LogP contribution in [0.3, 0.4) is 0 Å². The van der Waals surface area contributed by atoms with Gasteiger partial charge in [-0.2, -0.15) is 4.31 Å². The second kappa shape index (κ2) is 7.35. The van der Waals surface area contributed by atoms with Gasteiger partial charge >= 0.3 is 0 Å². The summed E-state index contributed by atoms with van der Waals surface area (Å²) in [6.07, 6.45) is 1.04. The summed E-state index contributed by atoms with van der Waals surface area (Å²) in [5, 5.41) is 14.3. The molecule has 1 amide bonds. The zero-order valence-corrected chi connectivity index (χ0v) is 14.1. The van der Waals surface area contributed by atoms with Crippen molar-refractivity contribution >= 4 is 27.3 Å². The van der Waals surface area contributed by atoms with Crippen molar-refractivity contribution in [1.29, 1.82) is 0 Å². The number of thiophene rings is 1. The van der Waals surface area contributed by atoms with Gasteiger partial charge in [-0.05, 0) is 24.3 Å². The Kier molecular flexibility index (Phi) is 6.33. The van der Waals surface area contributed by atoms with Crippen molar-refractivity contribution in [2.24, 2.45) is 0 Å². The number of sulfonamides is 1. The molecular weight excluding hydrogens is 312 g/mol. The lowest BCUT2D eigenvalue weighted by atomic mass is 9.98. The van der Waals surface area contributed by atoms with Gasteiger partial charge in [0, 0.05) is 13.6 Å². The van der Waals surface area contributed by atoms with Gasteiger partial charge in [-0.3, -0.25) is 4.79 Å². The Morgan fingerprint density at radius 3 is 2.52 bits per heavy atom. The first-order valence-electron chi connectivity index (χ1n) is 6.74. The summed E-state index contributed by atoms with van der Waals surface area (Å²) < 4.78 is 25.5. The van der Waals surface area contributed by atoms with Gasteiger partial charge in [-0.25, -0.2) is 8.42 Å². The van der Waals surface area contributed by atoms with Crippen molar-refractivity contribution < 1.29 is 18.3 Å². The summed E-state index contributed by atoms with van der Waals surface area (Å²) in [5.74, 6) is -0.432. The van der Waals surface area contributed by atoms with Crippen molar-refractivity contribution in [2.45, 2.75) is 36.5 Å². The molecule has 0 saturated carbocycles. The fourth-order valence-corrected chi connectivity index (χ4v) is 4.00. The summed E-state index contributed by atoms with van der Waals surface area (Å²) in [7, 11) is -2.27. The Labute approximate surface area is 129 Å². The molecule has 0 spiro atoms. The second-order valence-electron chi connectivity index (χ2n) is 4.90. The second-order valence-corrected chi connectivity index (χ2v) is 8.12. The van der Waals surface area contributed by atoms with Crippen LogP contribution in [0.4, 0.5) is 0 Å². The SMILES string of the molecule is CCC(O)(CC)CNC(=O)CN(C)S(=O)(=O)c1cccs1. The Morgan fingerprint density at radius 2 is 2.05 bits per heavy atom. The van der Waals surface area contributed by atoms with Crippen molar-refractivity contribution in [3.63, 3.8) is 0 Å². The Hall–Kier alpha value is -0.960. The highest BCUT2D eigenvalue weighted by Crippen LogP contribution is 2.19. The molecule has 21 heavy (non-hydrogen) atoms. The molecule has 0 aliphatic heterocycles. The van der Waals surface area contributed by atoms with Crippen LogP contribution in [0.5, 0.6) is 0 Å². The molecule has 1 aromatic rings. The number of nitrogens with zero attached hydrogens (tertiary/aromatic N) is 1. The fourth-order valence-electron chi connectivity index (χ4n) is 1.67. The highest BCUT2D eigenvalue weighted by Gasteiger charge is 2.26. The first-order valence-corrected chi connectivity index (χ1v) is 9.06. The number of carbonyl (C=O) groups is 1. The summed E-state index contributed by atoms with van der Waals surface area (Å²) in [5.41, 5.74) is -0.944. The number of amides is 1. The lowest BCUT2D eigenvalue weighted by molar-refractivity contribution is -0.122. The minimum absolute atomic E-state index is 0.117. The summed E-state index contributed by atoms with van der Waals surface area (Å²) >= 11 is 1.11. The van der Waals surface area contributed by atoms with Gasteiger partial charge in [-0.1, -0.05) is 19.9 Å². The standard InChI is InChI=1S/C13H22N2O4S2/c1-4-13(17,5-2)10-14-11(16)9-15(3)21(18,19)12-7-6-8-20-12/h6-8,17H,4-5,9-10H2,1-3H3,(H,14,16). The maximum Gasteiger partial charge on any atom is 0.252 e. The molecule has 8 heteroatoms. The van der Waals surface area contributed by atoms with Crippen LogP contribution < -0.4 is 5.32 Å². The highest BCUT2D eigenvalue weighted by atomic mass is 32.2. The monoisotopic (exact) mass is 334 g/mol. The van der Waals surface area contributed by atoms with E-state index in [0.29, 0.717) is 12.8 Å². The van der Waals surface area contributed by atoms with Crippen molar-refractivity contribution in [1.82, 2.24) is 9.62 Å². The first-order chi connectivity index (χ1) is 9.75. The summed E-state index contributed by atoms with van der Waals surface area (Å²) in [4.78, 5) is 11.8. The smallest absolute Gasteiger partial charge is 0.252 e. The van der Waals surface area contributed by atoms with Crippen LogP contribution in [0.1, 0.15) is 26.7 Å². The van der Waals surface area contributed by atoms with E-state index in [2.05, 4.69) is 5.32 Å². The van der Waals surface area contributed by atoms with Gasteiger partial charge in [-0.15, -0.1) is 11.3 Å². The van der Waals surface area contributed by atoms with Crippen molar-refractivity contribution in [3.8, 4) is 0 Å². The number of rotatable bonds is 8. The third-order valence-corrected chi connectivity index (χ3v) is 6.63. The molecule has 0 saturated heterocycles. The van der Waals surface area contributed by atoms with E-state index in [1.165, 1.54) is 13.1 Å². The maximum absolute atomic E-state index is 12.1. The van der Waals surface area contributed by atoms with E-state index >= 15 is 0 Å². The Bertz CT molecular complexity index is 551. The Balaban J connectivity index is 2.59. The minimum atomic E-state index is -3.63. The maximum atomic E-state index is 12.1. The van der Waals surface area contributed by atoms with Crippen LogP contribution in [-0.4, -0.2) is 49.5 Å². The van der Waals surface area contributed by atoms with Crippen molar-refractivity contribution in [2.75, 3.05) is 20.1 Å². The molecule has 6 nitrogen and oxygen atoms in total. The topological polar surface area (TPSA) is 86.7 Å². The number of hydrogen-bond acceptors (Lipinski definition) is 5. The zero-order valence-electron chi connectivity index (χ0n) is 12.5. The predicted molar refractivity (Wildman–Crippen MR) is 82.7 cm³/mol. The third-order valence-electron chi connectivity index (χ3n) is 3.46. The van der Waals surface area contributed by atoms with E-state index < -0.39 is 21.5 Å². The summed E-state index contributed by atoms with van der Waals surface area (Å²) in [6, 6.07) is 3.15. The van der Waals surface area contributed by atoms with E-state index in [1.54, 1.807) is 11.4 Å². The number of hydrogen-bond donors (Lipinski definition) is 2. The normalized spacial score (nSPS) is 12.6. The summed E-state index contributed by atoms with van der Waals surface area (Å²) in [6.45, 7) is 3.52. The van der Waals surface area contributed by atoms with Crippen LogP contribution >= 0.6 is 11.3 Å². The third kappa shape index (κ3) is 4.77. The molecule has 0 bridgehead atoms. The molecule has 2 N–H and O–H groups in total. The van der Waals surface area contributed by atoms with E-state index in [4.69, 9.17) is 0 Å². The lowest BCUT2D eigenvalue weighted by Gasteiger charge is -2.26. The number of aliphatic hydroxyl groups is 1. The van der Waals surface area contributed by atoms with E-state index in [9.17, 15) is 18.3 Å². The fraction of sp³-hybridized carbons (Fsp3) is 0.615. The molecule has 0 aliphatic carbocycles. The number of nitrogens with one attached hydrogen (secondary N) is 1. The van der Waals surface area contributed by atoms with Gasteiger partial charge in [0.15, 0.2) is 0 Å².